The van der Waals surface area contributed by atoms with Gasteiger partial charge in [-0.1, -0.05) is 6.92 Å². The van der Waals surface area contributed by atoms with E-state index in [2.05, 4.69) is 0 Å². The molecule has 0 aliphatic rings. The molecule has 0 unspecified atom stereocenters. The summed E-state index contributed by atoms with van der Waals surface area (Å²) in [6, 6.07) is 0. The Morgan fingerprint density at radius 2 is 2.00 bits per heavy atom. The molecule has 0 saturated heterocycles. The van der Waals surface area contributed by atoms with Crippen LogP contribution in [-0.2, 0) is 9.59 Å². The lowest BCUT2D eigenvalue weighted by atomic mass is 10.0. The summed E-state index contributed by atoms with van der Waals surface area (Å²) in [6.45, 7) is 3.07. The molecule has 0 rings (SSSR count). The lowest BCUT2D eigenvalue weighted by Crippen LogP contribution is -2.10. The monoisotopic (exact) mass is 144 g/mol. The second-order valence-corrected chi connectivity index (χ2v) is 2.48. The zero-order valence-corrected chi connectivity index (χ0v) is 6.26. The third-order valence-corrected chi connectivity index (χ3v) is 1.35. The maximum Gasteiger partial charge on any atom is 0.306 e. The first kappa shape index (κ1) is 9.14. The Balaban J connectivity index is 3.49. The third-order valence-electron chi connectivity index (χ3n) is 1.35. The van der Waals surface area contributed by atoms with Crippen molar-refractivity contribution in [2.45, 2.75) is 26.7 Å². The number of aliphatic carboxylic acids is 1. The lowest BCUT2D eigenvalue weighted by Gasteiger charge is -2.01. The smallest absolute Gasteiger partial charge is 0.306 e. The Hall–Kier alpha value is -0.860. The molecule has 0 aliphatic heterocycles. The van der Waals surface area contributed by atoms with E-state index in [4.69, 9.17) is 5.11 Å². The number of ketones is 1. The van der Waals surface area contributed by atoms with Crippen LogP contribution in [0.2, 0.25) is 0 Å². The van der Waals surface area contributed by atoms with Gasteiger partial charge >= 0.3 is 5.97 Å². The molecule has 58 valence electrons. The van der Waals surface area contributed by atoms with Gasteiger partial charge in [0, 0.05) is 6.42 Å². The highest BCUT2D eigenvalue weighted by Crippen LogP contribution is 2.04. The zero-order valence-electron chi connectivity index (χ0n) is 6.26. The largest absolute Gasteiger partial charge is 0.481 e. The highest BCUT2D eigenvalue weighted by atomic mass is 16.4. The van der Waals surface area contributed by atoms with Crippen LogP contribution in [0, 0.1) is 5.92 Å². The molecule has 3 heteroatoms. The first-order valence-electron chi connectivity index (χ1n) is 3.26. The van der Waals surface area contributed by atoms with Gasteiger partial charge < -0.3 is 9.90 Å². The van der Waals surface area contributed by atoms with Gasteiger partial charge in [-0.3, -0.25) is 4.79 Å². The molecule has 0 heterocycles. The maximum absolute atomic E-state index is 10.4. The molecule has 0 fully saturated rings. The number of hydrogen-bond acceptors (Lipinski definition) is 2. The first-order valence-corrected chi connectivity index (χ1v) is 3.26. The minimum atomic E-state index is -0.832. The molecule has 0 saturated carbocycles. The predicted octanol–water partition coefficient (Wildman–Crippen LogP) is 1.08. The second-order valence-electron chi connectivity index (χ2n) is 2.48. The van der Waals surface area contributed by atoms with E-state index in [0.29, 0.717) is 12.8 Å². The molecule has 1 atom stereocenters. The molecule has 0 aromatic heterocycles. The fourth-order valence-electron chi connectivity index (χ4n) is 0.543. The van der Waals surface area contributed by atoms with Gasteiger partial charge in [0.15, 0.2) is 0 Å². The standard InChI is InChI=1S/C7H12O3/c1-5(7(9)10)3-4-6(2)8/h5H,3-4H2,1-2H3,(H,9,10)/t5-/m1/s1. The van der Waals surface area contributed by atoms with E-state index in [1.807, 2.05) is 0 Å². The van der Waals surface area contributed by atoms with Crippen molar-refractivity contribution in [3.63, 3.8) is 0 Å². The van der Waals surface area contributed by atoms with Crippen LogP contribution in [-0.4, -0.2) is 16.9 Å². The Morgan fingerprint density at radius 3 is 2.30 bits per heavy atom. The van der Waals surface area contributed by atoms with Crippen molar-refractivity contribution < 1.29 is 14.7 Å². The number of Topliss-reactive ketones (excluding diaryl/α,β-unsaturated/α-hetero) is 1. The third kappa shape index (κ3) is 4.06. The molecule has 1 N–H and O–H groups in total. The van der Waals surface area contributed by atoms with Gasteiger partial charge in [0.05, 0.1) is 5.92 Å². The van der Waals surface area contributed by atoms with Crippen LogP contribution in [0.15, 0.2) is 0 Å². The van der Waals surface area contributed by atoms with Crippen LogP contribution in [0.4, 0.5) is 0 Å². The maximum atomic E-state index is 10.4. The number of carbonyl (C=O) groups excluding carboxylic acids is 1. The Labute approximate surface area is 60.0 Å². The summed E-state index contributed by atoms with van der Waals surface area (Å²) >= 11 is 0. The van der Waals surface area contributed by atoms with E-state index in [9.17, 15) is 9.59 Å². The summed E-state index contributed by atoms with van der Waals surface area (Å²) in [7, 11) is 0. The number of carboxylic acids is 1. The van der Waals surface area contributed by atoms with Crippen molar-refractivity contribution in [1.29, 1.82) is 0 Å². The van der Waals surface area contributed by atoms with Gasteiger partial charge in [-0.05, 0) is 13.3 Å². The quantitative estimate of drug-likeness (QED) is 0.642. The highest BCUT2D eigenvalue weighted by molar-refractivity contribution is 5.76. The lowest BCUT2D eigenvalue weighted by molar-refractivity contribution is -0.141. The number of carbonyl (C=O) groups is 2. The fraction of sp³-hybridized carbons (Fsp3) is 0.714. The molecule has 0 bridgehead atoms. The van der Waals surface area contributed by atoms with Crippen LogP contribution in [0.1, 0.15) is 26.7 Å². The minimum Gasteiger partial charge on any atom is -0.481 e. The van der Waals surface area contributed by atoms with E-state index in [1.54, 1.807) is 6.92 Å². The molecule has 0 spiro atoms. The minimum absolute atomic E-state index is 0.0492. The zero-order chi connectivity index (χ0) is 8.15. The molecular weight excluding hydrogens is 132 g/mol. The number of rotatable bonds is 4. The van der Waals surface area contributed by atoms with Crippen LogP contribution in [0.5, 0.6) is 0 Å². The van der Waals surface area contributed by atoms with Crippen molar-refractivity contribution >= 4 is 11.8 Å². The molecule has 0 amide bonds. The summed E-state index contributed by atoms with van der Waals surface area (Å²) in [5.74, 6) is -1.18. The Morgan fingerprint density at radius 1 is 1.50 bits per heavy atom. The van der Waals surface area contributed by atoms with E-state index in [0.717, 1.165) is 0 Å². The average molecular weight is 144 g/mol. The summed E-state index contributed by atoms with van der Waals surface area (Å²) in [5.41, 5.74) is 0. The van der Waals surface area contributed by atoms with E-state index in [1.165, 1.54) is 6.92 Å². The van der Waals surface area contributed by atoms with E-state index >= 15 is 0 Å². The van der Waals surface area contributed by atoms with Crippen LogP contribution >= 0.6 is 0 Å². The van der Waals surface area contributed by atoms with Gasteiger partial charge in [-0.2, -0.15) is 0 Å². The second kappa shape index (κ2) is 4.04. The van der Waals surface area contributed by atoms with Gasteiger partial charge in [0.2, 0.25) is 0 Å². The molecule has 0 radical (unpaired) electrons. The number of carboxylic acid groups (broad SMARTS) is 1. The average Bonchev–Trinajstić information content (AvgIpc) is 1.82. The summed E-state index contributed by atoms with van der Waals surface area (Å²) in [4.78, 5) is 20.6. The van der Waals surface area contributed by atoms with Crippen molar-refractivity contribution in [2.75, 3.05) is 0 Å². The van der Waals surface area contributed by atoms with Gasteiger partial charge in [-0.15, -0.1) is 0 Å². The first-order chi connectivity index (χ1) is 4.54. The van der Waals surface area contributed by atoms with Crippen LogP contribution in [0.25, 0.3) is 0 Å². The predicted molar refractivity (Wildman–Crippen MR) is 36.7 cm³/mol. The normalized spacial score (nSPS) is 12.6. The molecule has 10 heavy (non-hydrogen) atoms. The molecule has 0 aromatic rings. The van der Waals surface area contributed by atoms with Crippen molar-refractivity contribution in [3.05, 3.63) is 0 Å². The Bertz CT molecular complexity index is 140. The number of hydrogen-bond donors (Lipinski definition) is 1. The molecular formula is C7H12O3. The van der Waals surface area contributed by atoms with Crippen molar-refractivity contribution in [1.82, 2.24) is 0 Å². The van der Waals surface area contributed by atoms with Gasteiger partial charge in [-0.25, -0.2) is 0 Å². The van der Waals surface area contributed by atoms with Crippen LogP contribution in [0.3, 0.4) is 0 Å². The highest BCUT2D eigenvalue weighted by Gasteiger charge is 2.10. The molecule has 3 nitrogen and oxygen atoms in total. The Kier molecular flexibility index (Phi) is 3.69. The van der Waals surface area contributed by atoms with E-state index < -0.39 is 11.9 Å². The molecule has 0 aromatic carbocycles. The SMILES string of the molecule is CC(=O)CC[C@@H](C)C(=O)O. The topological polar surface area (TPSA) is 54.4 Å². The van der Waals surface area contributed by atoms with E-state index in [-0.39, 0.29) is 5.78 Å². The summed E-state index contributed by atoms with van der Waals surface area (Å²) in [5, 5.41) is 8.38. The van der Waals surface area contributed by atoms with Crippen molar-refractivity contribution in [2.24, 2.45) is 5.92 Å². The summed E-state index contributed by atoms with van der Waals surface area (Å²) in [6.07, 6.45) is 0.818. The van der Waals surface area contributed by atoms with Crippen molar-refractivity contribution in [3.8, 4) is 0 Å². The molecule has 0 aliphatic carbocycles. The van der Waals surface area contributed by atoms with Crippen LogP contribution < -0.4 is 0 Å². The van der Waals surface area contributed by atoms with Gasteiger partial charge in [0.25, 0.3) is 0 Å². The summed E-state index contributed by atoms with van der Waals surface area (Å²) < 4.78 is 0. The van der Waals surface area contributed by atoms with Gasteiger partial charge in [0.1, 0.15) is 5.78 Å². The fourth-order valence-corrected chi connectivity index (χ4v) is 0.543.